The highest BCUT2D eigenvalue weighted by Crippen LogP contribution is 2.38. The normalized spacial score (nSPS) is 26.9. The second-order valence-corrected chi connectivity index (χ2v) is 5.11. The lowest BCUT2D eigenvalue weighted by Gasteiger charge is -2.22. The fourth-order valence-corrected chi connectivity index (χ4v) is 2.27. The van der Waals surface area contributed by atoms with E-state index in [0.29, 0.717) is 19.6 Å². The number of rotatable bonds is 7. The van der Waals surface area contributed by atoms with Crippen LogP contribution in [0.1, 0.15) is 25.7 Å². The molecule has 2 N–H and O–H groups in total. The van der Waals surface area contributed by atoms with Gasteiger partial charge in [-0.25, -0.2) is 0 Å². The summed E-state index contributed by atoms with van der Waals surface area (Å²) in [6.45, 7) is 2.70. The number of carbonyl (C=O) groups is 2. The molecule has 0 radical (unpaired) electrons. The Kier molecular flexibility index (Phi) is 5.15. The van der Waals surface area contributed by atoms with E-state index in [0.717, 1.165) is 32.5 Å². The predicted molar refractivity (Wildman–Crippen MR) is 66.7 cm³/mol. The largest absolute Gasteiger partial charge is 0.481 e. The molecule has 2 atom stereocenters. The van der Waals surface area contributed by atoms with Crippen LogP contribution in [0.4, 0.5) is 0 Å². The fraction of sp³-hybridized carbons (Fsp3) is 0.846. The van der Waals surface area contributed by atoms with Crippen molar-refractivity contribution in [2.24, 2.45) is 11.8 Å². The van der Waals surface area contributed by atoms with Gasteiger partial charge in [-0.3, -0.25) is 9.59 Å². The highest BCUT2D eigenvalue weighted by atomic mass is 16.5. The summed E-state index contributed by atoms with van der Waals surface area (Å²) in [5.74, 6) is -1.81. The van der Waals surface area contributed by atoms with Gasteiger partial charge in [0.1, 0.15) is 0 Å². The summed E-state index contributed by atoms with van der Waals surface area (Å²) in [7, 11) is 0. The van der Waals surface area contributed by atoms with Gasteiger partial charge in [-0.2, -0.15) is 0 Å². The molecule has 1 aliphatic carbocycles. The van der Waals surface area contributed by atoms with Crippen LogP contribution in [0.2, 0.25) is 0 Å². The van der Waals surface area contributed by atoms with Gasteiger partial charge in [0.25, 0.3) is 0 Å². The number of hydrogen-bond donors (Lipinski definition) is 2. The highest BCUT2D eigenvalue weighted by Gasteiger charge is 2.48. The molecule has 1 aliphatic heterocycles. The van der Waals surface area contributed by atoms with Gasteiger partial charge in [-0.15, -0.1) is 0 Å². The van der Waals surface area contributed by atoms with Crippen molar-refractivity contribution in [3.8, 4) is 0 Å². The topological polar surface area (TPSA) is 84.9 Å². The van der Waals surface area contributed by atoms with Gasteiger partial charge in [0.05, 0.1) is 17.9 Å². The van der Waals surface area contributed by atoms with Crippen molar-refractivity contribution < 1.29 is 24.2 Å². The third-order valence-electron chi connectivity index (χ3n) is 3.59. The Labute approximate surface area is 112 Å². The molecule has 1 saturated heterocycles. The first kappa shape index (κ1) is 14.3. The van der Waals surface area contributed by atoms with Crippen LogP contribution in [-0.2, 0) is 19.1 Å². The number of carbonyl (C=O) groups excluding carboxylic acids is 1. The molecule has 0 bridgehead atoms. The van der Waals surface area contributed by atoms with E-state index < -0.39 is 11.9 Å². The zero-order valence-electron chi connectivity index (χ0n) is 11.0. The molecule has 0 aromatic rings. The molecule has 0 spiro atoms. The van der Waals surface area contributed by atoms with Gasteiger partial charge in [-0.1, -0.05) is 0 Å². The standard InChI is InChI=1S/C13H21NO5/c15-12(10-8-11(10)13(16)17)14-4-1-5-19-9-2-6-18-7-3-9/h9-11H,1-8H2,(H,14,15)(H,16,17). The Hall–Kier alpha value is -1.14. The maximum Gasteiger partial charge on any atom is 0.307 e. The molecule has 19 heavy (non-hydrogen) atoms. The van der Waals surface area contributed by atoms with E-state index in [1.165, 1.54) is 0 Å². The van der Waals surface area contributed by atoms with Gasteiger partial charge >= 0.3 is 5.97 Å². The molecule has 2 fully saturated rings. The SMILES string of the molecule is O=C(O)C1CC1C(=O)NCCCOC1CCOCC1. The summed E-state index contributed by atoms with van der Waals surface area (Å²) < 4.78 is 10.9. The number of aliphatic carboxylic acids is 1. The Bertz CT molecular complexity index is 327. The summed E-state index contributed by atoms with van der Waals surface area (Å²) in [5, 5.41) is 11.5. The summed E-state index contributed by atoms with van der Waals surface area (Å²) in [6.07, 6.45) is 3.39. The molecule has 0 aromatic carbocycles. The molecule has 1 saturated carbocycles. The quantitative estimate of drug-likeness (QED) is 0.655. The first-order valence-corrected chi connectivity index (χ1v) is 6.88. The number of hydrogen-bond acceptors (Lipinski definition) is 4. The van der Waals surface area contributed by atoms with Crippen LogP contribution in [0.5, 0.6) is 0 Å². The summed E-state index contributed by atoms with van der Waals surface area (Å²) in [5.41, 5.74) is 0. The first-order chi connectivity index (χ1) is 9.18. The smallest absolute Gasteiger partial charge is 0.307 e. The zero-order chi connectivity index (χ0) is 13.7. The second kappa shape index (κ2) is 6.86. The third-order valence-corrected chi connectivity index (χ3v) is 3.59. The average molecular weight is 271 g/mol. The monoisotopic (exact) mass is 271 g/mol. The summed E-state index contributed by atoms with van der Waals surface area (Å²) in [6, 6.07) is 0. The Morgan fingerprint density at radius 2 is 2.00 bits per heavy atom. The molecular formula is C13H21NO5. The Morgan fingerprint density at radius 3 is 2.63 bits per heavy atom. The first-order valence-electron chi connectivity index (χ1n) is 6.88. The van der Waals surface area contributed by atoms with Crippen molar-refractivity contribution in [3.05, 3.63) is 0 Å². The maximum absolute atomic E-state index is 11.6. The fourth-order valence-electron chi connectivity index (χ4n) is 2.27. The van der Waals surface area contributed by atoms with Crippen molar-refractivity contribution in [3.63, 3.8) is 0 Å². The van der Waals surface area contributed by atoms with Gasteiger partial charge in [0.2, 0.25) is 5.91 Å². The van der Waals surface area contributed by atoms with Crippen LogP contribution in [0.3, 0.4) is 0 Å². The van der Waals surface area contributed by atoms with Crippen LogP contribution < -0.4 is 5.32 Å². The number of carboxylic acids is 1. The zero-order valence-corrected chi connectivity index (χ0v) is 11.0. The molecular weight excluding hydrogens is 250 g/mol. The van der Waals surface area contributed by atoms with E-state index in [9.17, 15) is 9.59 Å². The minimum Gasteiger partial charge on any atom is -0.481 e. The molecule has 108 valence electrons. The predicted octanol–water partition coefficient (Wildman–Crippen LogP) is 0.409. The van der Waals surface area contributed by atoms with Gasteiger partial charge in [0.15, 0.2) is 0 Å². The minimum atomic E-state index is -0.872. The van der Waals surface area contributed by atoms with Crippen molar-refractivity contribution in [1.82, 2.24) is 5.32 Å². The number of nitrogens with one attached hydrogen (secondary N) is 1. The van der Waals surface area contributed by atoms with E-state index in [1.807, 2.05) is 0 Å². The molecule has 2 aliphatic rings. The van der Waals surface area contributed by atoms with Crippen molar-refractivity contribution >= 4 is 11.9 Å². The van der Waals surface area contributed by atoms with Gasteiger partial charge < -0.3 is 19.9 Å². The number of carboxylic acid groups (broad SMARTS) is 1. The minimum absolute atomic E-state index is 0.140. The lowest BCUT2D eigenvalue weighted by molar-refractivity contribution is -0.140. The van der Waals surface area contributed by atoms with E-state index in [4.69, 9.17) is 14.6 Å². The Morgan fingerprint density at radius 1 is 1.26 bits per heavy atom. The van der Waals surface area contributed by atoms with E-state index in [-0.39, 0.29) is 17.9 Å². The Balaban J connectivity index is 1.48. The van der Waals surface area contributed by atoms with E-state index >= 15 is 0 Å². The molecule has 2 unspecified atom stereocenters. The van der Waals surface area contributed by atoms with Crippen LogP contribution in [0.15, 0.2) is 0 Å². The van der Waals surface area contributed by atoms with Crippen LogP contribution in [0.25, 0.3) is 0 Å². The van der Waals surface area contributed by atoms with Crippen LogP contribution >= 0.6 is 0 Å². The summed E-state index contributed by atoms with van der Waals surface area (Å²) in [4.78, 5) is 22.2. The molecule has 1 amide bonds. The summed E-state index contributed by atoms with van der Waals surface area (Å²) >= 11 is 0. The van der Waals surface area contributed by atoms with Crippen LogP contribution in [0, 0.1) is 11.8 Å². The van der Waals surface area contributed by atoms with Crippen LogP contribution in [-0.4, -0.2) is 49.5 Å². The highest BCUT2D eigenvalue weighted by molar-refractivity contribution is 5.89. The second-order valence-electron chi connectivity index (χ2n) is 5.11. The third kappa shape index (κ3) is 4.47. The molecule has 1 heterocycles. The van der Waals surface area contributed by atoms with E-state index in [1.54, 1.807) is 0 Å². The molecule has 0 aromatic heterocycles. The van der Waals surface area contributed by atoms with Gasteiger partial charge in [0, 0.05) is 26.4 Å². The van der Waals surface area contributed by atoms with Gasteiger partial charge in [-0.05, 0) is 25.7 Å². The lowest BCUT2D eigenvalue weighted by Crippen LogP contribution is -2.29. The average Bonchev–Trinajstić information content (AvgIpc) is 3.20. The van der Waals surface area contributed by atoms with Crippen molar-refractivity contribution in [2.75, 3.05) is 26.4 Å². The maximum atomic E-state index is 11.6. The molecule has 2 rings (SSSR count). The molecule has 6 nitrogen and oxygen atoms in total. The number of amides is 1. The van der Waals surface area contributed by atoms with Crippen molar-refractivity contribution in [2.45, 2.75) is 31.8 Å². The number of ether oxygens (including phenoxy) is 2. The molecule has 6 heteroatoms. The van der Waals surface area contributed by atoms with E-state index in [2.05, 4.69) is 5.32 Å². The lowest BCUT2D eigenvalue weighted by atomic mass is 10.1. The van der Waals surface area contributed by atoms with Crippen molar-refractivity contribution in [1.29, 1.82) is 0 Å².